The zero-order valence-corrected chi connectivity index (χ0v) is 19.2. The summed E-state index contributed by atoms with van der Waals surface area (Å²) in [6.45, 7) is 2.86. The van der Waals surface area contributed by atoms with Crippen molar-refractivity contribution in [1.82, 2.24) is 10.4 Å². The Morgan fingerprint density at radius 1 is 1.15 bits per heavy atom. The van der Waals surface area contributed by atoms with Gasteiger partial charge in [-0.15, -0.1) is 0 Å². The van der Waals surface area contributed by atoms with Crippen molar-refractivity contribution in [3.63, 3.8) is 0 Å². The minimum Gasteiger partial charge on any atom is -0.497 e. The van der Waals surface area contributed by atoms with Gasteiger partial charge in [-0.1, -0.05) is 31.5 Å². The van der Waals surface area contributed by atoms with Gasteiger partial charge in [-0.05, 0) is 42.5 Å². The number of carbonyl (C=O) groups is 4. The monoisotopic (exact) mass is 473 g/mol. The molecule has 0 radical (unpaired) electrons. The van der Waals surface area contributed by atoms with Crippen LogP contribution in [-0.4, -0.2) is 48.4 Å². The van der Waals surface area contributed by atoms with E-state index in [0.717, 1.165) is 9.91 Å². The summed E-state index contributed by atoms with van der Waals surface area (Å²) in [6.07, 6.45) is -0.274. The zero-order valence-electron chi connectivity index (χ0n) is 18.4. The number of nitrogens with zero attached hydrogens (tertiary/aromatic N) is 2. The maximum absolute atomic E-state index is 13.1. The molecule has 1 aliphatic rings. The molecule has 0 saturated carbocycles. The highest BCUT2D eigenvalue weighted by atomic mass is 35.5. The zero-order chi connectivity index (χ0) is 24.1. The molecule has 1 atom stereocenters. The van der Waals surface area contributed by atoms with E-state index >= 15 is 0 Å². The van der Waals surface area contributed by atoms with Crippen LogP contribution in [0.15, 0.2) is 48.5 Å². The van der Waals surface area contributed by atoms with Crippen LogP contribution in [0.3, 0.4) is 0 Å². The van der Waals surface area contributed by atoms with Gasteiger partial charge in [-0.25, -0.2) is 9.91 Å². The van der Waals surface area contributed by atoms with Gasteiger partial charge in [-0.2, -0.15) is 0 Å². The lowest BCUT2D eigenvalue weighted by Gasteiger charge is -2.29. The summed E-state index contributed by atoms with van der Waals surface area (Å²) in [5.74, 6) is -1.77. The molecular formula is C23H24ClN3O6. The second kappa shape index (κ2) is 10.4. The third-order valence-corrected chi connectivity index (χ3v) is 5.14. The highest BCUT2D eigenvalue weighted by Gasteiger charge is 2.45. The number of halogens is 1. The lowest BCUT2D eigenvalue weighted by atomic mass is 10.1. The van der Waals surface area contributed by atoms with E-state index < -0.39 is 42.2 Å². The van der Waals surface area contributed by atoms with Gasteiger partial charge < -0.3 is 9.47 Å². The Kier molecular flexibility index (Phi) is 7.55. The van der Waals surface area contributed by atoms with E-state index in [2.05, 4.69) is 5.43 Å². The van der Waals surface area contributed by atoms with E-state index in [0.29, 0.717) is 22.2 Å². The number of benzene rings is 2. The van der Waals surface area contributed by atoms with Crippen molar-refractivity contribution in [3.8, 4) is 11.5 Å². The first-order valence-corrected chi connectivity index (χ1v) is 10.6. The van der Waals surface area contributed by atoms with Crippen molar-refractivity contribution >= 4 is 40.9 Å². The molecule has 0 aliphatic carbocycles. The molecule has 0 spiro atoms. The second-order valence-electron chi connectivity index (χ2n) is 7.63. The molecule has 3 rings (SSSR count). The van der Waals surface area contributed by atoms with Gasteiger partial charge >= 0.3 is 0 Å². The van der Waals surface area contributed by atoms with E-state index in [1.807, 2.05) is 0 Å². The molecule has 2 aromatic carbocycles. The highest BCUT2D eigenvalue weighted by Crippen LogP contribution is 2.27. The third-order valence-electron chi connectivity index (χ3n) is 4.91. The fourth-order valence-corrected chi connectivity index (χ4v) is 3.44. The van der Waals surface area contributed by atoms with E-state index in [9.17, 15) is 19.2 Å². The molecule has 9 nitrogen and oxygen atoms in total. The Labute approximate surface area is 196 Å². The lowest BCUT2D eigenvalue weighted by Crippen LogP contribution is -2.56. The highest BCUT2D eigenvalue weighted by molar-refractivity contribution is 6.31. The summed E-state index contributed by atoms with van der Waals surface area (Å²) in [4.78, 5) is 52.0. The summed E-state index contributed by atoms with van der Waals surface area (Å²) in [5, 5.41) is 1.28. The minimum absolute atomic E-state index is 0.274. The van der Waals surface area contributed by atoms with Gasteiger partial charge in [0.05, 0.1) is 19.2 Å². The van der Waals surface area contributed by atoms with Crippen molar-refractivity contribution in [2.45, 2.75) is 26.3 Å². The smallest absolute Gasteiger partial charge is 0.276 e. The number of hydrogen-bond donors (Lipinski definition) is 1. The summed E-state index contributed by atoms with van der Waals surface area (Å²) < 4.78 is 10.5. The maximum Gasteiger partial charge on any atom is 0.276 e. The average Bonchev–Trinajstić information content (AvgIpc) is 3.09. The molecule has 174 valence electrons. The van der Waals surface area contributed by atoms with E-state index in [1.165, 1.54) is 13.2 Å². The standard InChI is InChI=1S/C23H24ClN3O6/c1-14(2)22(30)27(25-20(28)13-33-18-9-7-17(32-3)8-10-18)19-12-21(29)26(23(19)31)16-6-4-5-15(24)11-16/h4-11,14,19H,12-13H2,1-3H3,(H,25,28). The van der Waals surface area contributed by atoms with Crippen molar-refractivity contribution in [3.05, 3.63) is 53.6 Å². The molecule has 1 aliphatic heterocycles. The minimum atomic E-state index is -1.18. The third kappa shape index (κ3) is 5.61. The van der Waals surface area contributed by atoms with Gasteiger partial charge in [0.15, 0.2) is 6.61 Å². The average molecular weight is 474 g/mol. The van der Waals surface area contributed by atoms with Crippen LogP contribution in [-0.2, 0) is 19.2 Å². The van der Waals surface area contributed by atoms with Gasteiger partial charge in [0, 0.05) is 10.9 Å². The van der Waals surface area contributed by atoms with E-state index in [4.69, 9.17) is 21.1 Å². The van der Waals surface area contributed by atoms with Gasteiger partial charge in [0.2, 0.25) is 11.8 Å². The molecule has 4 amide bonds. The van der Waals surface area contributed by atoms with Crippen LogP contribution in [0.25, 0.3) is 0 Å². The molecular weight excluding hydrogens is 450 g/mol. The fourth-order valence-electron chi connectivity index (χ4n) is 3.26. The Hall–Kier alpha value is -3.59. The molecule has 1 N–H and O–H groups in total. The molecule has 0 aromatic heterocycles. The number of carbonyl (C=O) groups excluding carboxylic acids is 4. The van der Waals surface area contributed by atoms with Crippen LogP contribution in [0.1, 0.15) is 20.3 Å². The summed E-state index contributed by atoms with van der Waals surface area (Å²) in [7, 11) is 1.53. The summed E-state index contributed by atoms with van der Waals surface area (Å²) >= 11 is 5.99. The molecule has 0 bridgehead atoms. The Balaban J connectivity index is 1.74. The van der Waals surface area contributed by atoms with Crippen LogP contribution in [0.5, 0.6) is 11.5 Å². The SMILES string of the molecule is COc1ccc(OCC(=O)NN(C(=O)C(C)C)C2CC(=O)N(c3cccc(Cl)c3)C2=O)cc1. The summed E-state index contributed by atoms with van der Waals surface area (Å²) in [5.41, 5.74) is 2.73. The molecule has 1 saturated heterocycles. The first-order chi connectivity index (χ1) is 15.7. The van der Waals surface area contributed by atoms with Crippen LogP contribution in [0.4, 0.5) is 5.69 Å². The summed E-state index contributed by atoms with van der Waals surface area (Å²) in [6, 6.07) is 11.7. The van der Waals surface area contributed by atoms with E-state index in [-0.39, 0.29) is 6.42 Å². The number of nitrogens with one attached hydrogen (secondary N) is 1. The molecule has 1 fully saturated rings. The first-order valence-electron chi connectivity index (χ1n) is 10.2. The number of hydrazine groups is 1. The molecule has 2 aromatic rings. The number of anilines is 1. The number of imide groups is 1. The van der Waals surface area contributed by atoms with Crippen LogP contribution >= 0.6 is 11.6 Å². The number of rotatable bonds is 7. The number of hydrogen-bond acceptors (Lipinski definition) is 6. The van der Waals surface area contributed by atoms with Crippen molar-refractivity contribution < 1.29 is 28.7 Å². The molecule has 1 heterocycles. The fraction of sp³-hybridized carbons (Fsp3) is 0.304. The van der Waals surface area contributed by atoms with Crippen molar-refractivity contribution in [2.24, 2.45) is 5.92 Å². The Bertz CT molecular complexity index is 1060. The topological polar surface area (TPSA) is 105 Å². The quantitative estimate of drug-likeness (QED) is 0.489. The molecule has 33 heavy (non-hydrogen) atoms. The molecule has 10 heteroatoms. The van der Waals surface area contributed by atoms with Gasteiger partial charge in [0.25, 0.3) is 11.8 Å². The van der Waals surface area contributed by atoms with Gasteiger partial charge in [-0.3, -0.25) is 24.6 Å². The largest absolute Gasteiger partial charge is 0.497 e. The number of ether oxygens (including phenoxy) is 2. The van der Waals surface area contributed by atoms with Crippen molar-refractivity contribution in [2.75, 3.05) is 18.6 Å². The van der Waals surface area contributed by atoms with Crippen molar-refractivity contribution in [1.29, 1.82) is 0 Å². The lowest BCUT2D eigenvalue weighted by molar-refractivity contribution is -0.150. The van der Waals surface area contributed by atoms with E-state index in [1.54, 1.807) is 56.3 Å². The van der Waals surface area contributed by atoms with Crippen LogP contribution in [0, 0.1) is 5.92 Å². The Morgan fingerprint density at radius 2 is 1.82 bits per heavy atom. The normalized spacial score (nSPS) is 15.5. The number of methoxy groups -OCH3 is 1. The van der Waals surface area contributed by atoms with Crippen LogP contribution < -0.4 is 19.8 Å². The molecule has 1 unspecified atom stereocenters. The Morgan fingerprint density at radius 3 is 2.42 bits per heavy atom. The van der Waals surface area contributed by atoms with Gasteiger partial charge in [0.1, 0.15) is 17.5 Å². The number of amides is 4. The predicted octanol–water partition coefficient (Wildman–Crippen LogP) is 2.58. The predicted molar refractivity (Wildman–Crippen MR) is 121 cm³/mol. The maximum atomic E-state index is 13.1. The second-order valence-corrected chi connectivity index (χ2v) is 8.07. The van der Waals surface area contributed by atoms with Crippen LogP contribution in [0.2, 0.25) is 5.02 Å². The first kappa shape index (κ1) is 24.1.